The molecule has 0 bridgehead atoms. The summed E-state index contributed by atoms with van der Waals surface area (Å²) in [5.74, 6) is 0. The molecule has 96 valence electrons. The zero-order chi connectivity index (χ0) is 12.6. The van der Waals surface area contributed by atoms with Gasteiger partial charge in [-0.3, -0.25) is 0 Å². The molecule has 0 fully saturated rings. The molecule has 2 rings (SSSR count). The highest BCUT2D eigenvalue weighted by Crippen LogP contribution is 2.44. The van der Waals surface area contributed by atoms with Gasteiger partial charge in [0.05, 0.1) is 16.7 Å². The minimum Gasteiger partial charge on any atom is -0.387 e. The number of aromatic nitrogens is 1. The van der Waals surface area contributed by atoms with Gasteiger partial charge in [-0.15, -0.1) is 0 Å². The second kappa shape index (κ2) is 4.58. The molecule has 1 aromatic rings. The van der Waals surface area contributed by atoms with E-state index in [4.69, 9.17) is 4.98 Å². The van der Waals surface area contributed by atoms with Crippen LogP contribution in [0.1, 0.15) is 50.8 Å². The molecule has 1 unspecified atom stereocenters. The Hall–Kier alpha value is -0.610. The number of thiazole rings is 1. The Morgan fingerprint density at radius 2 is 2.06 bits per heavy atom. The zero-order valence-corrected chi connectivity index (χ0v) is 12.0. The highest BCUT2D eigenvalue weighted by atomic mass is 32.1. The van der Waals surface area contributed by atoms with Gasteiger partial charge in [0, 0.05) is 13.1 Å². The van der Waals surface area contributed by atoms with E-state index in [9.17, 15) is 5.11 Å². The predicted molar refractivity (Wildman–Crippen MR) is 72.7 cm³/mol. The summed E-state index contributed by atoms with van der Waals surface area (Å²) in [6.07, 6.45) is 1.51. The van der Waals surface area contributed by atoms with Crippen LogP contribution in [-0.2, 0) is 6.42 Å². The van der Waals surface area contributed by atoms with Gasteiger partial charge in [-0.2, -0.15) is 0 Å². The molecule has 1 aliphatic carbocycles. The van der Waals surface area contributed by atoms with Crippen molar-refractivity contribution < 1.29 is 5.11 Å². The summed E-state index contributed by atoms with van der Waals surface area (Å²) in [5.41, 5.74) is 1.28. The van der Waals surface area contributed by atoms with E-state index >= 15 is 0 Å². The molecule has 0 radical (unpaired) electrons. The van der Waals surface area contributed by atoms with Crippen molar-refractivity contribution in [2.75, 3.05) is 18.0 Å². The predicted octanol–water partition coefficient (Wildman–Crippen LogP) is 3.00. The average Bonchev–Trinajstić information content (AvgIpc) is 2.61. The van der Waals surface area contributed by atoms with E-state index in [-0.39, 0.29) is 11.5 Å². The van der Waals surface area contributed by atoms with E-state index in [2.05, 4.69) is 32.6 Å². The molecule has 1 aromatic heterocycles. The Balaban J connectivity index is 2.32. The summed E-state index contributed by atoms with van der Waals surface area (Å²) in [6.45, 7) is 10.6. The first-order chi connectivity index (χ1) is 7.96. The third-order valence-corrected chi connectivity index (χ3v) is 4.70. The van der Waals surface area contributed by atoms with Crippen LogP contribution < -0.4 is 4.90 Å². The Morgan fingerprint density at radius 1 is 1.41 bits per heavy atom. The maximum Gasteiger partial charge on any atom is 0.185 e. The lowest BCUT2D eigenvalue weighted by Gasteiger charge is -2.31. The minimum atomic E-state index is -0.324. The fourth-order valence-electron chi connectivity index (χ4n) is 2.51. The van der Waals surface area contributed by atoms with Crippen LogP contribution in [0.15, 0.2) is 0 Å². The highest BCUT2D eigenvalue weighted by Gasteiger charge is 2.34. The standard InChI is InChI=1S/C13H22N2OS/c1-5-15(6-2)12-14-9-7-13(3,4)8-10(16)11(9)17-12/h10,16H,5-8H2,1-4H3. The molecule has 0 amide bonds. The second-order valence-electron chi connectivity index (χ2n) is 5.54. The monoisotopic (exact) mass is 254 g/mol. The van der Waals surface area contributed by atoms with E-state index in [0.29, 0.717) is 0 Å². The normalized spacial score (nSPS) is 22.3. The first-order valence-electron chi connectivity index (χ1n) is 6.39. The number of hydrogen-bond acceptors (Lipinski definition) is 4. The van der Waals surface area contributed by atoms with Gasteiger partial charge in [0.1, 0.15) is 0 Å². The highest BCUT2D eigenvalue weighted by molar-refractivity contribution is 7.15. The molecule has 1 aliphatic rings. The van der Waals surface area contributed by atoms with E-state index in [1.165, 1.54) is 0 Å². The minimum absolute atomic E-state index is 0.168. The topological polar surface area (TPSA) is 36.4 Å². The van der Waals surface area contributed by atoms with Gasteiger partial charge in [0.25, 0.3) is 0 Å². The summed E-state index contributed by atoms with van der Waals surface area (Å²) in [6, 6.07) is 0. The van der Waals surface area contributed by atoms with Crippen LogP contribution in [0.2, 0.25) is 0 Å². The maximum absolute atomic E-state index is 10.2. The number of aliphatic hydroxyl groups is 1. The van der Waals surface area contributed by atoms with Gasteiger partial charge < -0.3 is 10.0 Å². The van der Waals surface area contributed by atoms with Crippen LogP contribution >= 0.6 is 11.3 Å². The molecule has 1 heterocycles. The van der Waals surface area contributed by atoms with Crippen molar-refractivity contribution in [3.8, 4) is 0 Å². The van der Waals surface area contributed by atoms with E-state index in [0.717, 1.165) is 41.6 Å². The van der Waals surface area contributed by atoms with Crippen LogP contribution in [-0.4, -0.2) is 23.2 Å². The van der Waals surface area contributed by atoms with Crippen LogP contribution in [0.5, 0.6) is 0 Å². The van der Waals surface area contributed by atoms with Crippen molar-refractivity contribution in [2.24, 2.45) is 5.41 Å². The summed E-state index contributed by atoms with van der Waals surface area (Å²) >= 11 is 1.67. The molecule has 4 heteroatoms. The van der Waals surface area contributed by atoms with Crippen LogP contribution in [0.3, 0.4) is 0 Å². The van der Waals surface area contributed by atoms with Gasteiger partial charge in [-0.1, -0.05) is 25.2 Å². The summed E-state index contributed by atoms with van der Waals surface area (Å²) < 4.78 is 0. The van der Waals surface area contributed by atoms with E-state index < -0.39 is 0 Å². The van der Waals surface area contributed by atoms with Crippen molar-refractivity contribution in [1.82, 2.24) is 4.98 Å². The first kappa shape index (κ1) is 12.8. The van der Waals surface area contributed by atoms with E-state index in [1.54, 1.807) is 11.3 Å². The lowest BCUT2D eigenvalue weighted by molar-refractivity contribution is 0.102. The SMILES string of the molecule is CCN(CC)c1nc2c(s1)C(O)CC(C)(C)C2. The molecule has 3 nitrogen and oxygen atoms in total. The van der Waals surface area contributed by atoms with Gasteiger partial charge in [0.15, 0.2) is 5.13 Å². The molecule has 0 aromatic carbocycles. The average molecular weight is 254 g/mol. The van der Waals surface area contributed by atoms with Crippen molar-refractivity contribution in [1.29, 1.82) is 0 Å². The van der Waals surface area contributed by atoms with Gasteiger partial charge >= 0.3 is 0 Å². The lowest BCUT2D eigenvalue weighted by atomic mass is 9.77. The Bertz CT molecular complexity index is 396. The molecule has 0 spiro atoms. The van der Waals surface area contributed by atoms with Gasteiger partial charge in [-0.05, 0) is 32.1 Å². The molecule has 0 saturated carbocycles. The molecule has 17 heavy (non-hydrogen) atoms. The Kier molecular flexibility index (Phi) is 3.46. The number of hydrogen-bond donors (Lipinski definition) is 1. The summed E-state index contributed by atoms with van der Waals surface area (Å²) in [5, 5.41) is 11.3. The Morgan fingerprint density at radius 3 is 2.65 bits per heavy atom. The second-order valence-corrected chi connectivity index (χ2v) is 6.55. The molecule has 0 aliphatic heterocycles. The molecule has 1 atom stereocenters. The van der Waals surface area contributed by atoms with Gasteiger partial charge in [0.2, 0.25) is 0 Å². The summed E-state index contributed by atoms with van der Waals surface area (Å²) in [7, 11) is 0. The largest absolute Gasteiger partial charge is 0.387 e. The number of rotatable bonds is 3. The first-order valence-corrected chi connectivity index (χ1v) is 7.21. The van der Waals surface area contributed by atoms with Crippen molar-refractivity contribution in [2.45, 2.75) is 46.6 Å². The van der Waals surface area contributed by atoms with E-state index in [1.807, 2.05) is 0 Å². The quantitative estimate of drug-likeness (QED) is 0.901. The summed E-state index contributed by atoms with van der Waals surface area (Å²) in [4.78, 5) is 8.07. The van der Waals surface area contributed by atoms with Crippen molar-refractivity contribution >= 4 is 16.5 Å². The smallest absolute Gasteiger partial charge is 0.185 e. The van der Waals surface area contributed by atoms with Crippen molar-refractivity contribution in [3.05, 3.63) is 10.6 Å². The third-order valence-electron chi connectivity index (χ3n) is 3.44. The third kappa shape index (κ3) is 2.47. The van der Waals surface area contributed by atoms with Crippen LogP contribution in [0, 0.1) is 5.41 Å². The molecular formula is C13H22N2OS. The fraction of sp³-hybridized carbons (Fsp3) is 0.769. The van der Waals surface area contributed by atoms with Crippen LogP contribution in [0.25, 0.3) is 0 Å². The number of nitrogens with zero attached hydrogens (tertiary/aromatic N) is 2. The molecule has 0 saturated heterocycles. The van der Waals surface area contributed by atoms with Crippen molar-refractivity contribution in [3.63, 3.8) is 0 Å². The fourth-order valence-corrected chi connectivity index (χ4v) is 3.70. The molecule has 1 N–H and O–H groups in total. The zero-order valence-electron chi connectivity index (χ0n) is 11.2. The lowest BCUT2D eigenvalue weighted by Crippen LogP contribution is -2.25. The molecular weight excluding hydrogens is 232 g/mol. The maximum atomic E-state index is 10.2. The Labute approximate surface area is 107 Å². The number of anilines is 1. The number of aliphatic hydroxyl groups excluding tert-OH is 1. The van der Waals surface area contributed by atoms with Crippen LogP contribution in [0.4, 0.5) is 5.13 Å². The van der Waals surface area contributed by atoms with Gasteiger partial charge in [-0.25, -0.2) is 4.98 Å². The number of fused-ring (bicyclic) bond motifs is 1.